The van der Waals surface area contributed by atoms with Gasteiger partial charge in [0.25, 0.3) is 0 Å². The van der Waals surface area contributed by atoms with E-state index in [1.165, 1.54) is 6.42 Å². The summed E-state index contributed by atoms with van der Waals surface area (Å²) in [5.41, 5.74) is -0.213. The highest BCUT2D eigenvalue weighted by Gasteiger charge is 2.43. The number of hydrogen-bond acceptors (Lipinski definition) is 3. The summed E-state index contributed by atoms with van der Waals surface area (Å²) < 4.78 is 31.5. The molecule has 1 unspecified atom stereocenters. The minimum absolute atomic E-state index is 0.139. The molecule has 0 amide bonds. The van der Waals surface area contributed by atoms with Gasteiger partial charge in [-0.3, -0.25) is 4.18 Å². The van der Waals surface area contributed by atoms with Crippen LogP contribution in [0.1, 0.15) is 58.8 Å². The molecule has 5 heteroatoms. The fourth-order valence-corrected chi connectivity index (χ4v) is 4.53. The third kappa shape index (κ3) is 3.42. The van der Waals surface area contributed by atoms with Gasteiger partial charge in [-0.1, -0.05) is 33.1 Å². The Morgan fingerprint density at radius 3 is 2.53 bits per heavy atom. The van der Waals surface area contributed by atoms with Gasteiger partial charge in [0.2, 0.25) is 0 Å². The molecule has 4 nitrogen and oxygen atoms in total. The van der Waals surface area contributed by atoms with Crippen LogP contribution in [0, 0.1) is 5.92 Å². The molecule has 2 rings (SSSR count). The van der Waals surface area contributed by atoms with Gasteiger partial charge in [-0.05, 0) is 31.6 Å². The van der Waals surface area contributed by atoms with Crippen LogP contribution in [-0.2, 0) is 14.5 Å². The van der Waals surface area contributed by atoms with Gasteiger partial charge in [0.05, 0.1) is 6.10 Å². The summed E-state index contributed by atoms with van der Waals surface area (Å²) in [6.07, 6.45) is 6.91. The van der Waals surface area contributed by atoms with E-state index in [-0.39, 0.29) is 11.6 Å². The Balaban J connectivity index is 2.12. The van der Waals surface area contributed by atoms with Crippen molar-refractivity contribution in [2.24, 2.45) is 5.92 Å². The molecule has 2 aliphatic rings. The van der Waals surface area contributed by atoms with E-state index < -0.39 is 10.3 Å². The fraction of sp³-hybridized carbons (Fsp3) is 1.00. The first-order chi connectivity index (χ1) is 7.91. The minimum atomic E-state index is -3.54. The van der Waals surface area contributed by atoms with E-state index in [1.807, 2.05) is 0 Å². The summed E-state index contributed by atoms with van der Waals surface area (Å²) in [4.78, 5) is 0. The van der Waals surface area contributed by atoms with Crippen molar-refractivity contribution < 1.29 is 12.6 Å². The van der Waals surface area contributed by atoms with Crippen LogP contribution in [0.3, 0.4) is 0 Å². The molecule has 0 bridgehead atoms. The van der Waals surface area contributed by atoms with E-state index in [9.17, 15) is 8.42 Å². The molecule has 0 radical (unpaired) electrons. The van der Waals surface area contributed by atoms with E-state index in [4.69, 9.17) is 4.18 Å². The van der Waals surface area contributed by atoms with E-state index >= 15 is 0 Å². The monoisotopic (exact) mass is 261 g/mol. The third-order valence-corrected chi connectivity index (χ3v) is 4.98. The van der Waals surface area contributed by atoms with Gasteiger partial charge in [0.15, 0.2) is 0 Å². The Morgan fingerprint density at radius 2 is 1.94 bits per heavy atom. The van der Waals surface area contributed by atoms with Crippen LogP contribution in [0.25, 0.3) is 0 Å². The lowest BCUT2D eigenvalue weighted by molar-refractivity contribution is 0.0811. The normalized spacial score (nSPS) is 31.8. The average molecular weight is 261 g/mol. The molecule has 1 spiro atoms. The van der Waals surface area contributed by atoms with E-state index in [0.29, 0.717) is 5.92 Å². The molecule has 0 aromatic heterocycles. The zero-order valence-corrected chi connectivity index (χ0v) is 11.6. The number of hydrogen-bond donors (Lipinski definition) is 1. The average Bonchev–Trinajstić information content (AvgIpc) is 2.13. The maximum absolute atomic E-state index is 11.8. The molecule has 0 aromatic carbocycles. The molecule has 2 fully saturated rings. The Hall–Kier alpha value is -0.130. The first-order valence-corrected chi connectivity index (χ1v) is 8.04. The molecule has 1 saturated heterocycles. The van der Waals surface area contributed by atoms with Crippen molar-refractivity contribution in [1.29, 1.82) is 0 Å². The minimum Gasteiger partial charge on any atom is -0.255 e. The van der Waals surface area contributed by atoms with Crippen molar-refractivity contribution >= 4 is 10.3 Å². The molecular formula is C12H23NO3S. The van der Waals surface area contributed by atoms with E-state index in [0.717, 1.165) is 38.5 Å². The zero-order chi connectivity index (χ0) is 12.5. The lowest BCUT2D eigenvalue weighted by Gasteiger charge is -2.43. The first kappa shape index (κ1) is 13.3. The molecule has 1 atom stereocenters. The Bertz CT molecular complexity index is 358. The van der Waals surface area contributed by atoms with Gasteiger partial charge < -0.3 is 0 Å². The van der Waals surface area contributed by atoms with E-state index in [1.54, 1.807) is 0 Å². The Kier molecular flexibility index (Phi) is 3.80. The molecular weight excluding hydrogens is 238 g/mol. The number of rotatable bonds is 2. The van der Waals surface area contributed by atoms with Crippen molar-refractivity contribution in [2.45, 2.75) is 70.4 Å². The Morgan fingerprint density at radius 1 is 1.29 bits per heavy atom. The van der Waals surface area contributed by atoms with Crippen LogP contribution in [0.15, 0.2) is 0 Å². The van der Waals surface area contributed by atoms with Gasteiger partial charge in [0.1, 0.15) is 0 Å². The largest absolute Gasteiger partial charge is 0.336 e. The molecule has 17 heavy (non-hydrogen) atoms. The highest BCUT2D eigenvalue weighted by atomic mass is 32.2. The maximum Gasteiger partial charge on any atom is 0.336 e. The lowest BCUT2D eigenvalue weighted by atomic mass is 9.78. The predicted molar refractivity (Wildman–Crippen MR) is 66.8 cm³/mol. The van der Waals surface area contributed by atoms with Crippen LogP contribution < -0.4 is 4.72 Å². The van der Waals surface area contributed by atoms with Crippen LogP contribution in [0.2, 0.25) is 0 Å². The molecule has 1 N–H and O–H groups in total. The third-order valence-electron chi connectivity index (χ3n) is 3.77. The topological polar surface area (TPSA) is 55.4 Å². The summed E-state index contributed by atoms with van der Waals surface area (Å²) in [6.45, 7) is 4.21. The quantitative estimate of drug-likeness (QED) is 0.830. The predicted octanol–water partition coefficient (Wildman–Crippen LogP) is 2.36. The molecule has 100 valence electrons. The van der Waals surface area contributed by atoms with Crippen LogP contribution in [-0.4, -0.2) is 20.1 Å². The van der Waals surface area contributed by atoms with Gasteiger partial charge >= 0.3 is 10.3 Å². The summed E-state index contributed by atoms with van der Waals surface area (Å²) >= 11 is 0. The number of nitrogens with one attached hydrogen (secondary N) is 1. The van der Waals surface area contributed by atoms with Crippen molar-refractivity contribution in [2.75, 3.05) is 0 Å². The van der Waals surface area contributed by atoms with Gasteiger partial charge in [-0.2, -0.15) is 13.1 Å². The highest BCUT2D eigenvalue weighted by molar-refractivity contribution is 7.84. The van der Waals surface area contributed by atoms with Crippen molar-refractivity contribution in [3.63, 3.8) is 0 Å². The zero-order valence-electron chi connectivity index (χ0n) is 10.7. The molecule has 1 aliphatic heterocycles. The first-order valence-electron chi connectivity index (χ1n) is 6.63. The summed E-state index contributed by atoms with van der Waals surface area (Å²) in [7, 11) is -3.54. The maximum atomic E-state index is 11.8. The Labute approximate surface area is 104 Å². The summed E-state index contributed by atoms with van der Waals surface area (Å²) in [6, 6.07) is 0. The summed E-state index contributed by atoms with van der Waals surface area (Å²) in [5.74, 6) is 0.467. The van der Waals surface area contributed by atoms with Gasteiger partial charge in [-0.25, -0.2) is 0 Å². The van der Waals surface area contributed by atoms with Gasteiger partial charge in [0, 0.05) is 5.54 Å². The SMILES string of the molecule is CC(C)CC1CC2(CCCCC2)NS(=O)(=O)O1. The second kappa shape index (κ2) is 4.86. The lowest BCUT2D eigenvalue weighted by Crippen LogP contribution is -2.57. The fourth-order valence-electron chi connectivity index (χ4n) is 3.16. The molecule has 0 aromatic rings. The standard InChI is InChI=1S/C12H23NO3S/c1-10(2)8-11-9-12(6-4-3-5-7-12)13-17(14,15)16-11/h10-11,13H,3-9H2,1-2H3. The van der Waals surface area contributed by atoms with Crippen molar-refractivity contribution in [3.8, 4) is 0 Å². The van der Waals surface area contributed by atoms with E-state index in [2.05, 4.69) is 18.6 Å². The highest BCUT2D eigenvalue weighted by Crippen LogP contribution is 2.37. The summed E-state index contributed by atoms with van der Waals surface area (Å²) in [5, 5.41) is 0. The van der Waals surface area contributed by atoms with Gasteiger partial charge in [-0.15, -0.1) is 0 Å². The van der Waals surface area contributed by atoms with Crippen molar-refractivity contribution in [1.82, 2.24) is 4.72 Å². The second-order valence-electron chi connectivity index (χ2n) is 5.95. The smallest absolute Gasteiger partial charge is 0.255 e. The van der Waals surface area contributed by atoms with Crippen LogP contribution in [0.5, 0.6) is 0 Å². The second-order valence-corrected chi connectivity index (χ2v) is 7.25. The van der Waals surface area contributed by atoms with Crippen LogP contribution in [0.4, 0.5) is 0 Å². The van der Waals surface area contributed by atoms with Crippen LogP contribution >= 0.6 is 0 Å². The molecule has 1 saturated carbocycles. The van der Waals surface area contributed by atoms with Crippen molar-refractivity contribution in [3.05, 3.63) is 0 Å². The molecule has 1 aliphatic carbocycles. The molecule has 1 heterocycles.